The molecule has 2 heteroatoms. The normalized spacial score (nSPS) is 14.8. The number of rotatable bonds is 5. The Morgan fingerprint density at radius 1 is 1.33 bits per heavy atom. The highest BCUT2D eigenvalue weighted by atomic mass is 16.5. The first-order valence-corrected chi connectivity index (χ1v) is 4.57. The van der Waals surface area contributed by atoms with E-state index in [0.29, 0.717) is 12.7 Å². The first-order valence-electron chi connectivity index (χ1n) is 4.57. The summed E-state index contributed by atoms with van der Waals surface area (Å²) in [5, 5.41) is 0. The van der Waals surface area contributed by atoms with Crippen molar-refractivity contribution in [1.82, 2.24) is 0 Å². The Bertz CT molecular complexity index is 105. The number of hydrogen-bond donors (Lipinski definition) is 0. The van der Waals surface area contributed by atoms with E-state index in [1.807, 2.05) is 27.7 Å². The quantitative estimate of drug-likeness (QED) is 0.595. The highest BCUT2D eigenvalue weighted by Crippen LogP contribution is 2.07. The van der Waals surface area contributed by atoms with Gasteiger partial charge in [-0.2, -0.15) is 0 Å². The Hall–Kier alpha value is -0.0800. The Balaban J connectivity index is 3.22. The van der Waals surface area contributed by atoms with E-state index in [0.717, 1.165) is 6.42 Å². The molecule has 0 fully saturated rings. The van der Waals surface area contributed by atoms with Gasteiger partial charge in [-0.25, -0.2) is 0 Å². The first kappa shape index (κ1) is 11.9. The molecule has 12 heavy (non-hydrogen) atoms. The van der Waals surface area contributed by atoms with Crippen LogP contribution < -0.4 is 0 Å². The summed E-state index contributed by atoms with van der Waals surface area (Å²) < 4.78 is 10.8. The van der Waals surface area contributed by atoms with Crippen LogP contribution in [-0.4, -0.2) is 18.3 Å². The van der Waals surface area contributed by atoms with Gasteiger partial charge in [0.05, 0.1) is 18.3 Å². The van der Waals surface area contributed by atoms with Gasteiger partial charge >= 0.3 is 0 Å². The second-order valence-corrected chi connectivity index (χ2v) is 3.94. The van der Waals surface area contributed by atoms with Crippen LogP contribution in [0.5, 0.6) is 0 Å². The van der Waals surface area contributed by atoms with E-state index in [1.165, 1.54) is 0 Å². The van der Waals surface area contributed by atoms with Crippen molar-refractivity contribution >= 4 is 0 Å². The molecule has 0 spiro atoms. The monoisotopic (exact) mass is 173 g/mol. The second kappa shape index (κ2) is 5.55. The molecule has 0 bridgehead atoms. The molecule has 0 rings (SSSR count). The Morgan fingerprint density at radius 2 is 1.92 bits per heavy atom. The van der Waals surface area contributed by atoms with Gasteiger partial charge in [0.1, 0.15) is 6.61 Å². The molecule has 0 aliphatic rings. The summed E-state index contributed by atoms with van der Waals surface area (Å²) in [5.74, 6) is 0. The zero-order valence-corrected chi connectivity index (χ0v) is 8.89. The minimum Gasteiger partial charge on any atom is -0.373 e. The van der Waals surface area contributed by atoms with Gasteiger partial charge in [-0.1, -0.05) is 6.92 Å². The molecule has 1 radical (unpaired) electrons. The molecule has 0 amide bonds. The van der Waals surface area contributed by atoms with Gasteiger partial charge in [0.25, 0.3) is 0 Å². The largest absolute Gasteiger partial charge is 0.373 e. The molecule has 1 atom stereocenters. The Kier molecular flexibility index (Phi) is 5.51. The summed E-state index contributed by atoms with van der Waals surface area (Å²) in [6.07, 6.45) is 1.33. The fourth-order valence-corrected chi connectivity index (χ4v) is 0.584. The SMILES string of the molecule is CCC(C)O[CH]COC(C)(C)C. The highest BCUT2D eigenvalue weighted by molar-refractivity contribution is 4.61. The van der Waals surface area contributed by atoms with Crippen LogP contribution in [0.25, 0.3) is 0 Å². The van der Waals surface area contributed by atoms with E-state index in [9.17, 15) is 0 Å². The number of hydrogen-bond acceptors (Lipinski definition) is 2. The summed E-state index contributed by atoms with van der Waals surface area (Å²) in [6.45, 7) is 12.5. The molecule has 0 heterocycles. The van der Waals surface area contributed by atoms with Crippen molar-refractivity contribution in [3.8, 4) is 0 Å². The molecule has 0 aliphatic carbocycles. The topological polar surface area (TPSA) is 18.5 Å². The summed E-state index contributed by atoms with van der Waals surface area (Å²) in [6, 6.07) is 0. The van der Waals surface area contributed by atoms with E-state index in [1.54, 1.807) is 6.61 Å². The van der Waals surface area contributed by atoms with Gasteiger partial charge in [0.15, 0.2) is 0 Å². The third-order valence-corrected chi connectivity index (χ3v) is 1.49. The minimum atomic E-state index is -0.0741. The van der Waals surface area contributed by atoms with Crippen LogP contribution in [-0.2, 0) is 9.47 Å². The third kappa shape index (κ3) is 8.02. The van der Waals surface area contributed by atoms with Gasteiger partial charge < -0.3 is 9.47 Å². The molecule has 0 N–H and O–H groups in total. The van der Waals surface area contributed by atoms with E-state index in [-0.39, 0.29) is 5.60 Å². The molecule has 0 saturated heterocycles. The molecular formula is C10H21O2. The summed E-state index contributed by atoms with van der Waals surface area (Å²) in [5.41, 5.74) is -0.0741. The van der Waals surface area contributed by atoms with Crippen molar-refractivity contribution < 1.29 is 9.47 Å². The van der Waals surface area contributed by atoms with Crippen LogP contribution in [0.2, 0.25) is 0 Å². The second-order valence-electron chi connectivity index (χ2n) is 3.94. The lowest BCUT2D eigenvalue weighted by molar-refractivity contribution is -0.0224. The van der Waals surface area contributed by atoms with Crippen molar-refractivity contribution in [2.45, 2.75) is 52.7 Å². The lowest BCUT2D eigenvalue weighted by Crippen LogP contribution is -2.21. The van der Waals surface area contributed by atoms with E-state index in [4.69, 9.17) is 9.47 Å². The third-order valence-electron chi connectivity index (χ3n) is 1.49. The van der Waals surface area contributed by atoms with Crippen molar-refractivity contribution in [3.05, 3.63) is 6.61 Å². The summed E-state index contributed by atoms with van der Waals surface area (Å²) in [4.78, 5) is 0. The maximum Gasteiger partial charge on any atom is 0.110 e. The fourth-order valence-electron chi connectivity index (χ4n) is 0.584. The van der Waals surface area contributed by atoms with Crippen LogP contribution in [0, 0.1) is 6.61 Å². The molecule has 1 unspecified atom stereocenters. The average Bonchev–Trinajstić information content (AvgIpc) is 1.96. The first-order chi connectivity index (χ1) is 5.45. The molecule has 0 aromatic rings. The number of ether oxygens (including phenoxy) is 2. The zero-order valence-electron chi connectivity index (χ0n) is 8.89. The van der Waals surface area contributed by atoms with Gasteiger partial charge in [0.2, 0.25) is 0 Å². The predicted octanol–water partition coefficient (Wildman–Crippen LogP) is 2.78. The molecule has 73 valence electrons. The molecule has 0 aromatic carbocycles. The van der Waals surface area contributed by atoms with Gasteiger partial charge in [-0.15, -0.1) is 0 Å². The zero-order chi connectivity index (χ0) is 9.61. The Labute approximate surface area is 76.3 Å². The predicted molar refractivity (Wildman–Crippen MR) is 50.8 cm³/mol. The van der Waals surface area contributed by atoms with E-state index >= 15 is 0 Å². The Morgan fingerprint density at radius 3 is 2.33 bits per heavy atom. The van der Waals surface area contributed by atoms with Crippen LogP contribution in [0.3, 0.4) is 0 Å². The van der Waals surface area contributed by atoms with Crippen molar-refractivity contribution in [2.75, 3.05) is 6.61 Å². The summed E-state index contributed by atoms with van der Waals surface area (Å²) >= 11 is 0. The molecule has 0 aromatic heterocycles. The smallest absolute Gasteiger partial charge is 0.110 e. The van der Waals surface area contributed by atoms with Crippen molar-refractivity contribution in [2.24, 2.45) is 0 Å². The standard InChI is InChI=1S/C10H21O2/c1-6-9(2)11-7-8-12-10(3,4)5/h7,9H,6,8H2,1-5H3. The molecular weight excluding hydrogens is 152 g/mol. The van der Waals surface area contributed by atoms with Crippen LogP contribution in [0.4, 0.5) is 0 Å². The van der Waals surface area contributed by atoms with Crippen molar-refractivity contribution in [1.29, 1.82) is 0 Å². The van der Waals surface area contributed by atoms with Crippen LogP contribution >= 0.6 is 0 Å². The molecule has 2 nitrogen and oxygen atoms in total. The van der Waals surface area contributed by atoms with Crippen molar-refractivity contribution in [3.63, 3.8) is 0 Å². The fraction of sp³-hybridized carbons (Fsp3) is 0.900. The van der Waals surface area contributed by atoms with Gasteiger partial charge in [0, 0.05) is 0 Å². The molecule has 0 saturated carbocycles. The lowest BCUT2D eigenvalue weighted by atomic mass is 10.2. The van der Waals surface area contributed by atoms with E-state index < -0.39 is 0 Å². The van der Waals surface area contributed by atoms with Gasteiger partial charge in [-0.3, -0.25) is 0 Å². The van der Waals surface area contributed by atoms with Crippen LogP contribution in [0.15, 0.2) is 0 Å². The maximum atomic E-state index is 5.44. The highest BCUT2D eigenvalue weighted by Gasteiger charge is 2.09. The van der Waals surface area contributed by atoms with Gasteiger partial charge in [-0.05, 0) is 34.1 Å². The lowest BCUT2D eigenvalue weighted by Gasteiger charge is -2.19. The van der Waals surface area contributed by atoms with E-state index in [2.05, 4.69) is 6.92 Å². The summed E-state index contributed by atoms with van der Waals surface area (Å²) in [7, 11) is 0. The van der Waals surface area contributed by atoms with Crippen LogP contribution in [0.1, 0.15) is 41.0 Å². The maximum absolute atomic E-state index is 5.44. The molecule has 0 aliphatic heterocycles. The minimum absolute atomic E-state index is 0.0741. The average molecular weight is 173 g/mol.